The number of rotatable bonds is 7. The zero-order valence-electron chi connectivity index (χ0n) is 15.3. The number of aryl methyl sites for hydroxylation is 1. The van der Waals surface area contributed by atoms with Crippen molar-refractivity contribution in [2.45, 2.75) is 38.5 Å². The third kappa shape index (κ3) is 4.59. The van der Waals surface area contributed by atoms with Gasteiger partial charge >= 0.3 is 0 Å². The molecule has 1 aliphatic rings. The Hall–Kier alpha value is -1.44. The van der Waals surface area contributed by atoms with Gasteiger partial charge in [0.25, 0.3) is 5.91 Å². The third-order valence-electron chi connectivity index (χ3n) is 4.32. The van der Waals surface area contributed by atoms with Crippen molar-refractivity contribution in [2.75, 3.05) is 39.4 Å². The van der Waals surface area contributed by atoms with Gasteiger partial charge in [-0.3, -0.25) is 4.79 Å². The number of ether oxygens (including phenoxy) is 1. The number of morpholine rings is 1. The van der Waals surface area contributed by atoms with E-state index in [0.29, 0.717) is 45.0 Å². The molecule has 1 heterocycles. The lowest BCUT2D eigenvalue weighted by Gasteiger charge is -2.27. The van der Waals surface area contributed by atoms with Crippen LogP contribution in [0.4, 0.5) is 0 Å². The molecule has 6 nitrogen and oxygen atoms in total. The molecule has 140 valence electrons. The third-order valence-corrected chi connectivity index (χ3v) is 6.22. The van der Waals surface area contributed by atoms with Crippen molar-refractivity contribution in [1.29, 1.82) is 0 Å². The molecule has 0 unspecified atom stereocenters. The van der Waals surface area contributed by atoms with Crippen LogP contribution in [0, 0.1) is 6.92 Å². The van der Waals surface area contributed by atoms with E-state index in [2.05, 4.69) is 0 Å². The van der Waals surface area contributed by atoms with Gasteiger partial charge in [0.1, 0.15) is 0 Å². The van der Waals surface area contributed by atoms with Gasteiger partial charge in [0.05, 0.1) is 18.1 Å². The standard InChI is InChI=1S/C18H28N2O4S/c1-4-8-19(9-5-2)18(21)17-14-16(7-6-15(17)3)25(22,23)20-10-12-24-13-11-20/h6-7,14H,4-5,8-13H2,1-3H3. The summed E-state index contributed by atoms with van der Waals surface area (Å²) in [4.78, 5) is 14.9. The van der Waals surface area contributed by atoms with Gasteiger partial charge in [0.15, 0.2) is 0 Å². The van der Waals surface area contributed by atoms with Crippen molar-refractivity contribution in [3.63, 3.8) is 0 Å². The van der Waals surface area contributed by atoms with Crippen molar-refractivity contribution in [2.24, 2.45) is 0 Å². The lowest BCUT2D eigenvalue weighted by molar-refractivity contribution is 0.0729. The van der Waals surface area contributed by atoms with Crippen molar-refractivity contribution in [3.8, 4) is 0 Å². The second-order valence-corrected chi connectivity index (χ2v) is 8.22. The molecule has 7 heteroatoms. The zero-order valence-corrected chi connectivity index (χ0v) is 16.1. The lowest BCUT2D eigenvalue weighted by atomic mass is 10.1. The first-order chi connectivity index (χ1) is 11.9. The molecule has 0 bridgehead atoms. The number of nitrogens with zero attached hydrogens (tertiary/aromatic N) is 2. The summed E-state index contributed by atoms with van der Waals surface area (Å²) in [5.41, 5.74) is 1.26. The number of hydrogen-bond acceptors (Lipinski definition) is 4. The van der Waals surface area contributed by atoms with E-state index in [4.69, 9.17) is 4.74 Å². The number of hydrogen-bond donors (Lipinski definition) is 0. The molecule has 0 saturated carbocycles. The Balaban J connectivity index is 2.34. The first-order valence-electron chi connectivity index (χ1n) is 8.89. The average Bonchev–Trinajstić information content (AvgIpc) is 2.62. The summed E-state index contributed by atoms with van der Waals surface area (Å²) in [5.74, 6) is -0.0970. The summed E-state index contributed by atoms with van der Waals surface area (Å²) in [5, 5.41) is 0. The minimum absolute atomic E-state index is 0.0970. The molecule has 2 rings (SSSR count). The molecule has 0 atom stereocenters. The largest absolute Gasteiger partial charge is 0.379 e. The smallest absolute Gasteiger partial charge is 0.254 e. The van der Waals surface area contributed by atoms with E-state index in [0.717, 1.165) is 18.4 Å². The van der Waals surface area contributed by atoms with Gasteiger partial charge in [-0.15, -0.1) is 0 Å². The molecule has 0 aliphatic carbocycles. The number of sulfonamides is 1. The second kappa shape index (κ2) is 8.78. The van der Waals surface area contributed by atoms with E-state index in [1.165, 1.54) is 10.4 Å². The van der Waals surface area contributed by atoms with E-state index in [-0.39, 0.29) is 10.8 Å². The van der Waals surface area contributed by atoms with Crippen LogP contribution >= 0.6 is 0 Å². The molecular weight excluding hydrogens is 340 g/mol. The maximum Gasteiger partial charge on any atom is 0.254 e. The molecule has 25 heavy (non-hydrogen) atoms. The first-order valence-corrected chi connectivity index (χ1v) is 10.3. The van der Waals surface area contributed by atoms with Gasteiger partial charge in [-0.05, 0) is 37.5 Å². The highest BCUT2D eigenvalue weighted by Gasteiger charge is 2.28. The molecule has 0 radical (unpaired) electrons. The number of amides is 1. The molecule has 0 N–H and O–H groups in total. The van der Waals surface area contributed by atoms with Crippen LogP contribution in [0.25, 0.3) is 0 Å². The van der Waals surface area contributed by atoms with E-state index in [1.54, 1.807) is 17.0 Å². The molecule has 1 aliphatic heterocycles. The van der Waals surface area contributed by atoms with Crippen LogP contribution in [-0.2, 0) is 14.8 Å². The van der Waals surface area contributed by atoms with Crippen molar-refractivity contribution in [1.82, 2.24) is 9.21 Å². The predicted molar refractivity (Wildman–Crippen MR) is 97.2 cm³/mol. The van der Waals surface area contributed by atoms with Gasteiger partial charge in [-0.2, -0.15) is 4.31 Å². The molecule has 1 fully saturated rings. The van der Waals surface area contributed by atoms with E-state index >= 15 is 0 Å². The van der Waals surface area contributed by atoms with Gasteiger partial charge in [0, 0.05) is 31.7 Å². The maximum atomic E-state index is 12.9. The normalized spacial score (nSPS) is 16.0. The van der Waals surface area contributed by atoms with Crippen molar-refractivity contribution in [3.05, 3.63) is 29.3 Å². The second-order valence-electron chi connectivity index (χ2n) is 6.29. The number of benzene rings is 1. The fraction of sp³-hybridized carbons (Fsp3) is 0.611. The summed E-state index contributed by atoms with van der Waals surface area (Å²) in [6.07, 6.45) is 1.74. The Labute approximate surface area is 150 Å². The highest BCUT2D eigenvalue weighted by molar-refractivity contribution is 7.89. The molecule has 1 amide bonds. The number of carbonyl (C=O) groups is 1. The minimum Gasteiger partial charge on any atom is -0.379 e. The molecule has 1 aromatic carbocycles. The Kier molecular flexibility index (Phi) is 6.98. The summed E-state index contributed by atoms with van der Waals surface area (Å²) in [6, 6.07) is 4.83. The summed E-state index contributed by atoms with van der Waals surface area (Å²) in [7, 11) is -3.60. The fourth-order valence-electron chi connectivity index (χ4n) is 2.95. The van der Waals surface area contributed by atoms with Crippen molar-refractivity contribution >= 4 is 15.9 Å². The summed E-state index contributed by atoms with van der Waals surface area (Å²) >= 11 is 0. The van der Waals surface area contributed by atoms with Gasteiger partial charge < -0.3 is 9.64 Å². The van der Waals surface area contributed by atoms with Crippen LogP contribution in [0.2, 0.25) is 0 Å². The SMILES string of the molecule is CCCN(CCC)C(=O)c1cc(S(=O)(=O)N2CCOCC2)ccc1C. The predicted octanol–water partition coefficient (Wildman–Crippen LogP) is 2.28. The van der Waals surface area contributed by atoms with E-state index < -0.39 is 10.0 Å². The van der Waals surface area contributed by atoms with Crippen LogP contribution in [0.5, 0.6) is 0 Å². The first kappa shape index (κ1) is 19.9. The van der Waals surface area contributed by atoms with Crippen LogP contribution in [0.1, 0.15) is 42.6 Å². The summed E-state index contributed by atoms with van der Waals surface area (Å²) in [6.45, 7) is 8.74. The van der Waals surface area contributed by atoms with E-state index in [1.807, 2.05) is 20.8 Å². The van der Waals surface area contributed by atoms with Crippen LogP contribution in [-0.4, -0.2) is 62.9 Å². The lowest BCUT2D eigenvalue weighted by Crippen LogP contribution is -2.40. The highest BCUT2D eigenvalue weighted by atomic mass is 32.2. The Morgan fingerprint density at radius 1 is 1.16 bits per heavy atom. The van der Waals surface area contributed by atoms with Crippen LogP contribution < -0.4 is 0 Å². The minimum atomic E-state index is -3.60. The molecule has 0 aromatic heterocycles. The molecular formula is C18H28N2O4S. The van der Waals surface area contributed by atoms with Gasteiger partial charge in [-0.25, -0.2) is 8.42 Å². The monoisotopic (exact) mass is 368 g/mol. The molecule has 1 saturated heterocycles. The van der Waals surface area contributed by atoms with E-state index in [9.17, 15) is 13.2 Å². The van der Waals surface area contributed by atoms with Crippen molar-refractivity contribution < 1.29 is 17.9 Å². The maximum absolute atomic E-state index is 12.9. The molecule has 1 aromatic rings. The summed E-state index contributed by atoms with van der Waals surface area (Å²) < 4.78 is 32.3. The Bertz CT molecular complexity index is 691. The van der Waals surface area contributed by atoms with Gasteiger partial charge in [0.2, 0.25) is 10.0 Å². The topological polar surface area (TPSA) is 66.9 Å². The fourth-order valence-corrected chi connectivity index (χ4v) is 4.39. The average molecular weight is 368 g/mol. The van der Waals surface area contributed by atoms with Crippen LogP contribution in [0.3, 0.4) is 0 Å². The number of carbonyl (C=O) groups excluding carboxylic acids is 1. The molecule has 0 spiro atoms. The highest BCUT2D eigenvalue weighted by Crippen LogP contribution is 2.22. The quantitative estimate of drug-likeness (QED) is 0.740. The Morgan fingerprint density at radius 3 is 2.32 bits per heavy atom. The van der Waals surface area contributed by atoms with Gasteiger partial charge in [-0.1, -0.05) is 19.9 Å². The van der Waals surface area contributed by atoms with Crippen LogP contribution in [0.15, 0.2) is 23.1 Å². The Morgan fingerprint density at radius 2 is 1.76 bits per heavy atom. The zero-order chi connectivity index (χ0) is 18.4.